The van der Waals surface area contributed by atoms with Gasteiger partial charge in [-0.25, -0.2) is 4.98 Å². The monoisotopic (exact) mass is 361 g/mol. The van der Waals surface area contributed by atoms with Crippen molar-refractivity contribution in [1.82, 2.24) is 9.55 Å². The zero-order valence-corrected chi connectivity index (χ0v) is 15.5. The summed E-state index contributed by atoms with van der Waals surface area (Å²) in [4.78, 5) is 17.5. The van der Waals surface area contributed by atoms with Gasteiger partial charge in [-0.2, -0.15) is 0 Å². The van der Waals surface area contributed by atoms with Gasteiger partial charge < -0.3 is 4.57 Å². The molecule has 4 aromatic rings. The number of benzene rings is 2. The highest BCUT2D eigenvalue weighted by atomic mass is 32.1. The lowest BCUT2D eigenvalue weighted by atomic mass is 10.1. The molecule has 5 heteroatoms. The van der Waals surface area contributed by atoms with Gasteiger partial charge in [0.25, 0.3) is 5.91 Å². The van der Waals surface area contributed by atoms with Crippen molar-refractivity contribution in [3.63, 3.8) is 0 Å². The number of nitrogens with one attached hydrogen (secondary N) is 1. The predicted octanol–water partition coefficient (Wildman–Crippen LogP) is 5.35. The van der Waals surface area contributed by atoms with Crippen LogP contribution in [0, 0.1) is 6.92 Å². The summed E-state index contributed by atoms with van der Waals surface area (Å²) in [6.07, 6.45) is 0. The molecule has 0 atom stereocenters. The van der Waals surface area contributed by atoms with Crippen LogP contribution < -0.4 is 5.32 Å². The van der Waals surface area contributed by atoms with E-state index in [0.29, 0.717) is 10.8 Å². The van der Waals surface area contributed by atoms with Gasteiger partial charge in [0.05, 0.1) is 5.69 Å². The maximum Gasteiger partial charge on any atom is 0.274 e. The number of nitrogens with zero attached hydrogens (tertiary/aromatic N) is 2. The van der Waals surface area contributed by atoms with Gasteiger partial charge in [-0.3, -0.25) is 10.1 Å². The molecule has 26 heavy (non-hydrogen) atoms. The van der Waals surface area contributed by atoms with E-state index in [1.165, 1.54) is 11.3 Å². The molecule has 0 spiro atoms. The van der Waals surface area contributed by atoms with E-state index < -0.39 is 0 Å². The van der Waals surface area contributed by atoms with Crippen molar-refractivity contribution in [3.8, 4) is 11.3 Å². The smallest absolute Gasteiger partial charge is 0.274 e. The molecule has 0 aliphatic carbocycles. The highest BCUT2D eigenvalue weighted by Crippen LogP contribution is 2.28. The fourth-order valence-electron chi connectivity index (χ4n) is 3.33. The van der Waals surface area contributed by atoms with Gasteiger partial charge in [0, 0.05) is 28.4 Å². The second-order valence-electron chi connectivity index (χ2n) is 6.09. The minimum atomic E-state index is -0.116. The van der Waals surface area contributed by atoms with Crippen molar-refractivity contribution in [2.75, 3.05) is 5.32 Å². The van der Waals surface area contributed by atoms with Crippen molar-refractivity contribution < 1.29 is 4.79 Å². The van der Waals surface area contributed by atoms with Crippen molar-refractivity contribution in [1.29, 1.82) is 0 Å². The minimum absolute atomic E-state index is 0.116. The Morgan fingerprint density at radius 1 is 1.12 bits per heavy atom. The molecule has 0 bridgehead atoms. The van der Waals surface area contributed by atoms with E-state index >= 15 is 0 Å². The number of fused-ring (bicyclic) bond motifs is 1. The first-order chi connectivity index (χ1) is 12.7. The molecule has 0 saturated heterocycles. The number of carbonyl (C=O) groups is 1. The van der Waals surface area contributed by atoms with E-state index in [0.717, 1.165) is 34.3 Å². The van der Waals surface area contributed by atoms with Crippen LogP contribution in [0.2, 0.25) is 0 Å². The molecule has 0 radical (unpaired) electrons. The normalized spacial score (nSPS) is 11.0. The molecule has 0 aliphatic heterocycles. The summed E-state index contributed by atoms with van der Waals surface area (Å²) in [5.74, 6) is -0.116. The van der Waals surface area contributed by atoms with Gasteiger partial charge in [0.2, 0.25) is 0 Å². The Bertz CT molecular complexity index is 1080. The van der Waals surface area contributed by atoms with Gasteiger partial charge in [-0.15, -0.1) is 11.3 Å². The number of aromatic nitrogens is 2. The standard InChI is InChI=1S/C21H19N3OS/c1-3-24-18-12-8-7-11-16(18)14(2)19(24)20(25)23-21-22-17(13-26-21)15-9-5-4-6-10-15/h4-13H,3H2,1-2H3,(H,22,23,25). The fraction of sp³-hybridized carbons (Fsp3) is 0.143. The van der Waals surface area contributed by atoms with E-state index in [1.807, 2.05) is 54.8 Å². The topological polar surface area (TPSA) is 46.9 Å². The number of aryl methyl sites for hydroxylation is 2. The lowest BCUT2D eigenvalue weighted by Gasteiger charge is -2.08. The predicted molar refractivity (Wildman–Crippen MR) is 108 cm³/mol. The maximum absolute atomic E-state index is 13.0. The Morgan fingerprint density at radius 3 is 2.62 bits per heavy atom. The van der Waals surface area contributed by atoms with Crippen LogP contribution >= 0.6 is 11.3 Å². The largest absolute Gasteiger partial charge is 0.337 e. The Morgan fingerprint density at radius 2 is 1.85 bits per heavy atom. The van der Waals surface area contributed by atoms with Gasteiger partial charge in [0.1, 0.15) is 5.69 Å². The van der Waals surface area contributed by atoms with Gasteiger partial charge in [-0.1, -0.05) is 48.5 Å². The zero-order valence-electron chi connectivity index (χ0n) is 14.7. The van der Waals surface area contributed by atoms with Crippen LogP contribution in [0.5, 0.6) is 0 Å². The number of para-hydroxylation sites is 1. The molecule has 0 fully saturated rings. The van der Waals surface area contributed by atoms with Crippen LogP contribution in [-0.4, -0.2) is 15.5 Å². The van der Waals surface area contributed by atoms with Crippen LogP contribution in [0.3, 0.4) is 0 Å². The summed E-state index contributed by atoms with van der Waals surface area (Å²) < 4.78 is 2.06. The Kier molecular flexibility index (Phi) is 4.31. The lowest BCUT2D eigenvalue weighted by molar-refractivity contribution is 0.101. The third-order valence-electron chi connectivity index (χ3n) is 4.55. The summed E-state index contributed by atoms with van der Waals surface area (Å²) >= 11 is 1.44. The fourth-order valence-corrected chi connectivity index (χ4v) is 4.04. The third kappa shape index (κ3) is 2.80. The Balaban J connectivity index is 1.66. The van der Waals surface area contributed by atoms with E-state index in [-0.39, 0.29) is 5.91 Å². The van der Waals surface area contributed by atoms with E-state index in [4.69, 9.17) is 0 Å². The van der Waals surface area contributed by atoms with Crippen molar-refractivity contribution >= 4 is 33.3 Å². The summed E-state index contributed by atoms with van der Waals surface area (Å²) in [5, 5.41) is 6.66. The molecule has 1 N–H and O–H groups in total. The van der Waals surface area contributed by atoms with Crippen LogP contribution in [0.25, 0.3) is 22.2 Å². The number of anilines is 1. The lowest BCUT2D eigenvalue weighted by Crippen LogP contribution is -2.17. The molecule has 1 amide bonds. The van der Waals surface area contributed by atoms with Crippen LogP contribution in [0.4, 0.5) is 5.13 Å². The quantitative estimate of drug-likeness (QED) is 0.533. The van der Waals surface area contributed by atoms with Gasteiger partial charge in [-0.05, 0) is 25.5 Å². The molecule has 2 aromatic heterocycles. The molecule has 0 saturated carbocycles. The molecule has 4 rings (SSSR count). The second kappa shape index (κ2) is 6.77. The summed E-state index contributed by atoms with van der Waals surface area (Å²) in [5.41, 5.74) is 4.70. The summed E-state index contributed by atoms with van der Waals surface area (Å²) in [6.45, 7) is 4.80. The first-order valence-corrected chi connectivity index (χ1v) is 9.47. The Hall–Kier alpha value is -2.92. The first kappa shape index (κ1) is 16.5. The van der Waals surface area contributed by atoms with Gasteiger partial charge >= 0.3 is 0 Å². The van der Waals surface area contributed by atoms with Crippen LogP contribution in [-0.2, 0) is 6.54 Å². The number of thiazole rings is 1. The molecule has 0 aliphatic rings. The third-order valence-corrected chi connectivity index (χ3v) is 5.31. The number of hydrogen-bond donors (Lipinski definition) is 1. The summed E-state index contributed by atoms with van der Waals surface area (Å²) in [7, 11) is 0. The minimum Gasteiger partial charge on any atom is -0.337 e. The number of rotatable bonds is 4. The average Bonchev–Trinajstić information content (AvgIpc) is 3.25. The molecule has 2 aromatic carbocycles. The first-order valence-electron chi connectivity index (χ1n) is 8.59. The van der Waals surface area contributed by atoms with Crippen molar-refractivity contribution in [2.45, 2.75) is 20.4 Å². The zero-order chi connectivity index (χ0) is 18.1. The molecule has 2 heterocycles. The molecular weight excluding hydrogens is 342 g/mol. The molecule has 130 valence electrons. The van der Waals surface area contributed by atoms with E-state index in [9.17, 15) is 4.79 Å². The van der Waals surface area contributed by atoms with E-state index in [2.05, 4.69) is 33.9 Å². The molecule has 4 nitrogen and oxygen atoms in total. The maximum atomic E-state index is 13.0. The number of hydrogen-bond acceptors (Lipinski definition) is 3. The highest BCUT2D eigenvalue weighted by molar-refractivity contribution is 7.14. The van der Waals surface area contributed by atoms with Gasteiger partial charge in [0.15, 0.2) is 5.13 Å². The summed E-state index contributed by atoms with van der Waals surface area (Å²) in [6, 6.07) is 18.1. The van der Waals surface area contributed by atoms with E-state index in [1.54, 1.807) is 0 Å². The number of carbonyl (C=O) groups excluding carboxylic acids is 1. The molecule has 0 unspecified atom stereocenters. The average molecular weight is 361 g/mol. The number of amides is 1. The Labute approximate surface area is 156 Å². The van der Waals surface area contributed by atoms with Crippen molar-refractivity contribution in [3.05, 3.63) is 71.2 Å². The SMILES string of the molecule is CCn1c(C(=O)Nc2nc(-c3ccccc3)cs2)c(C)c2ccccc21. The molecular formula is C21H19N3OS. The van der Waals surface area contributed by atoms with Crippen LogP contribution in [0.1, 0.15) is 23.0 Å². The second-order valence-corrected chi connectivity index (χ2v) is 6.95. The van der Waals surface area contributed by atoms with Crippen molar-refractivity contribution in [2.24, 2.45) is 0 Å². The van der Waals surface area contributed by atoms with Crippen LogP contribution in [0.15, 0.2) is 60.0 Å². The highest BCUT2D eigenvalue weighted by Gasteiger charge is 2.20.